The van der Waals surface area contributed by atoms with Gasteiger partial charge in [-0.2, -0.15) is 0 Å². The summed E-state index contributed by atoms with van der Waals surface area (Å²) < 4.78 is 31.9. The van der Waals surface area contributed by atoms with Crippen molar-refractivity contribution in [2.75, 3.05) is 37.3 Å². The van der Waals surface area contributed by atoms with Gasteiger partial charge in [-0.1, -0.05) is 18.2 Å². The Bertz CT molecular complexity index is 1130. The average Bonchev–Trinajstić information content (AvgIpc) is 2.82. The molecule has 0 spiro atoms. The summed E-state index contributed by atoms with van der Waals surface area (Å²) >= 11 is 0. The number of rotatable bonds is 5. The van der Waals surface area contributed by atoms with Crippen molar-refractivity contribution in [2.45, 2.75) is 12.8 Å². The number of carbonyl (C=O) groups is 3. The van der Waals surface area contributed by atoms with Crippen molar-refractivity contribution in [2.24, 2.45) is 10.3 Å². The van der Waals surface area contributed by atoms with Crippen molar-refractivity contribution in [1.82, 2.24) is 9.80 Å². The molecule has 1 aromatic carbocycles. The number of hydrogen-bond donors (Lipinski definition) is 1. The van der Waals surface area contributed by atoms with Gasteiger partial charge in [0.05, 0.1) is 11.3 Å². The van der Waals surface area contributed by atoms with Crippen LogP contribution in [0.2, 0.25) is 0 Å². The zero-order chi connectivity index (χ0) is 23.4. The predicted molar refractivity (Wildman–Crippen MR) is 120 cm³/mol. The summed E-state index contributed by atoms with van der Waals surface area (Å²) in [5, 5.41) is 2.89. The minimum atomic E-state index is -3.48. The van der Waals surface area contributed by atoms with Crippen LogP contribution in [0.5, 0.6) is 0 Å². The van der Waals surface area contributed by atoms with Crippen LogP contribution in [0, 0.1) is 5.92 Å². The van der Waals surface area contributed by atoms with Crippen molar-refractivity contribution in [3.05, 3.63) is 54.3 Å². The van der Waals surface area contributed by atoms with E-state index in [0.717, 1.165) is 5.69 Å². The molecule has 0 atom stereocenters. The standard InChI is InChI=1S/C22H24N4O6S/c27-20(25-10-8-16(9-11-25)21(28)23-18-4-2-1-3-5-18)15-32-22(29)17-6-7-19-24-33(30,31)13-12-26(19)14-17/h1-7,14,16H,8-13,15H2,(H,23,28). The molecule has 0 radical (unpaired) electrons. The molecule has 1 aromatic rings. The topological polar surface area (TPSA) is 125 Å². The van der Waals surface area contributed by atoms with Gasteiger partial charge in [-0.05, 0) is 37.1 Å². The summed E-state index contributed by atoms with van der Waals surface area (Å²) in [7, 11) is -3.48. The van der Waals surface area contributed by atoms with Crippen LogP contribution >= 0.6 is 0 Å². The molecule has 1 fully saturated rings. The summed E-state index contributed by atoms with van der Waals surface area (Å²) in [6.07, 6.45) is 5.38. The summed E-state index contributed by atoms with van der Waals surface area (Å²) in [6, 6.07) is 9.21. The van der Waals surface area contributed by atoms with Crippen molar-refractivity contribution < 1.29 is 27.5 Å². The molecule has 4 rings (SSSR count). The van der Waals surface area contributed by atoms with Crippen molar-refractivity contribution >= 4 is 39.3 Å². The van der Waals surface area contributed by atoms with E-state index < -0.39 is 22.6 Å². The minimum Gasteiger partial charge on any atom is -0.452 e. The molecule has 3 aliphatic heterocycles. The van der Waals surface area contributed by atoms with Gasteiger partial charge in [0.25, 0.3) is 15.9 Å². The number of sulfonamides is 1. The number of likely N-dealkylation sites (tertiary alicyclic amines) is 1. The number of esters is 1. The first-order valence-corrected chi connectivity index (χ1v) is 12.2. The van der Waals surface area contributed by atoms with Gasteiger partial charge in [-0.15, -0.1) is 4.40 Å². The quantitative estimate of drug-likeness (QED) is 0.631. The fourth-order valence-electron chi connectivity index (χ4n) is 3.78. The fraction of sp³-hybridized carbons (Fsp3) is 0.364. The SMILES string of the molecule is O=C(OCC(=O)N1CCC(C(=O)Nc2ccccc2)CC1)C1=CN2CCS(=O)(=O)N=C2C=C1. The third-order valence-electron chi connectivity index (χ3n) is 5.65. The second-order valence-electron chi connectivity index (χ2n) is 7.93. The Hall–Kier alpha value is -3.47. The zero-order valence-corrected chi connectivity index (χ0v) is 18.7. The molecule has 0 unspecified atom stereocenters. The maximum Gasteiger partial charge on any atom is 0.340 e. The predicted octanol–water partition coefficient (Wildman–Crippen LogP) is 0.905. The van der Waals surface area contributed by atoms with Crippen LogP contribution < -0.4 is 5.32 Å². The number of ether oxygens (including phenoxy) is 1. The van der Waals surface area contributed by atoms with Gasteiger partial charge in [0, 0.05) is 37.4 Å². The Labute approximate surface area is 191 Å². The van der Waals surface area contributed by atoms with Gasteiger partial charge in [0.1, 0.15) is 5.84 Å². The molecular formula is C22H24N4O6S. The second kappa shape index (κ2) is 9.57. The maximum atomic E-state index is 12.5. The average molecular weight is 473 g/mol. The number of amidine groups is 1. The Balaban J connectivity index is 1.23. The highest BCUT2D eigenvalue weighted by Gasteiger charge is 2.29. The third-order valence-corrected chi connectivity index (χ3v) is 6.81. The zero-order valence-electron chi connectivity index (χ0n) is 17.8. The van der Waals surface area contributed by atoms with Crippen LogP contribution in [0.4, 0.5) is 5.69 Å². The molecule has 0 bridgehead atoms. The largest absolute Gasteiger partial charge is 0.452 e. The van der Waals surface area contributed by atoms with Crippen LogP contribution in [-0.2, 0) is 29.1 Å². The van der Waals surface area contributed by atoms with Gasteiger partial charge < -0.3 is 19.9 Å². The van der Waals surface area contributed by atoms with Crippen LogP contribution in [0.3, 0.4) is 0 Å². The highest BCUT2D eigenvalue weighted by atomic mass is 32.2. The normalized spacial score (nSPS) is 19.8. The molecule has 3 aliphatic rings. The first-order valence-electron chi connectivity index (χ1n) is 10.6. The monoisotopic (exact) mass is 472 g/mol. The molecular weight excluding hydrogens is 448 g/mol. The minimum absolute atomic E-state index is 0.0656. The molecule has 33 heavy (non-hydrogen) atoms. The van der Waals surface area contributed by atoms with Crippen LogP contribution in [0.1, 0.15) is 12.8 Å². The fourth-order valence-corrected chi connectivity index (χ4v) is 4.75. The van der Waals surface area contributed by atoms with Crippen molar-refractivity contribution in [1.29, 1.82) is 0 Å². The first-order chi connectivity index (χ1) is 15.8. The lowest BCUT2D eigenvalue weighted by Crippen LogP contribution is -2.43. The van der Waals surface area contributed by atoms with Crippen LogP contribution in [-0.4, -0.2) is 73.8 Å². The highest BCUT2D eigenvalue weighted by Crippen LogP contribution is 2.20. The third kappa shape index (κ3) is 5.67. The van der Waals surface area contributed by atoms with E-state index >= 15 is 0 Å². The van der Waals surface area contributed by atoms with Crippen molar-refractivity contribution in [3.63, 3.8) is 0 Å². The molecule has 174 valence electrons. The number of nitrogens with one attached hydrogen (secondary N) is 1. The van der Waals surface area contributed by atoms with Crippen molar-refractivity contribution in [3.8, 4) is 0 Å². The second-order valence-corrected chi connectivity index (χ2v) is 9.69. The Morgan fingerprint density at radius 1 is 1.06 bits per heavy atom. The van der Waals surface area contributed by atoms with E-state index in [0.29, 0.717) is 25.9 Å². The number of carbonyl (C=O) groups excluding carboxylic acids is 3. The summed E-state index contributed by atoms with van der Waals surface area (Å²) in [5.41, 5.74) is 0.945. The molecule has 10 nitrogen and oxygen atoms in total. The number of para-hydroxylation sites is 1. The summed E-state index contributed by atoms with van der Waals surface area (Å²) in [5.74, 6) is -1.14. The Morgan fingerprint density at radius 2 is 1.79 bits per heavy atom. The lowest BCUT2D eigenvalue weighted by Gasteiger charge is -2.31. The highest BCUT2D eigenvalue weighted by molar-refractivity contribution is 7.90. The van der Waals surface area contributed by atoms with E-state index in [9.17, 15) is 22.8 Å². The van der Waals surface area contributed by atoms with E-state index in [4.69, 9.17) is 4.74 Å². The number of amides is 2. The molecule has 1 N–H and O–H groups in total. The molecule has 11 heteroatoms. The van der Waals surface area contributed by atoms with E-state index in [2.05, 4.69) is 9.71 Å². The smallest absolute Gasteiger partial charge is 0.340 e. The van der Waals surface area contributed by atoms with E-state index in [1.54, 1.807) is 9.80 Å². The van der Waals surface area contributed by atoms with Gasteiger partial charge in [-0.25, -0.2) is 13.2 Å². The van der Waals surface area contributed by atoms with Gasteiger partial charge in [0.2, 0.25) is 5.91 Å². The van der Waals surface area contributed by atoms with Crippen LogP contribution in [0.15, 0.2) is 58.7 Å². The Morgan fingerprint density at radius 3 is 2.52 bits per heavy atom. The Kier molecular flexibility index (Phi) is 6.59. The number of anilines is 1. The lowest BCUT2D eigenvalue weighted by atomic mass is 9.95. The number of piperidine rings is 1. The molecule has 2 amide bonds. The molecule has 0 saturated carbocycles. The van der Waals surface area contributed by atoms with Gasteiger partial charge in [-0.3, -0.25) is 9.59 Å². The summed E-state index contributed by atoms with van der Waals surface area (Å²) in [4.78, 5) is 40.4. The number of benzene rings is 1. The summed E-state index contributed by atoms with van der Waals surface area (Å²) in [6.45, 7) is 0.607. The van der Waals surface area contributed by atoms with Gasteiger partial charge >= 0.3 is 5.97 Å². The lowest BCUT2D eigenvalue weighted by molar-refractivity contribution is -0.149. The first kappa shape index (κ1) is 22.7. The van der Waals surface area contributed by atoms with Crippen LogP contribution in [0.25, 0.3) is 0 Å². The number of nitrogens with zero attached hydrogens (tertiary/aromatic N) is 3. The molecule has 3 heterocycles. The van der Waals surface area contributed by atoms with E-state index in [1.165, 1.54) is 18.4 Å². The number of fused-ring (bicyclic) bond motifs is 1. The van der Waals surface area contributed by atoms with E-state index in [1.807, 2.05) is 30.3 Å². The molecule has 0 aromatic heterocycles. The number of hydrogen-bond acceptors (Lipinski definition) is 7. The maximum absolute atomic E-state index is 12.5. The van der Waals surface area contributed by atoms with Gasteiger partial charge in [0.15, 0.2) is 6.61 Å². The molecule has 0 aliphatic carbocycles. The van der Waals surface area contributed by atoms with E-state index in [-0.39, 0.29) is 41.4 Å². The molecule has 1 saturated heterocycles.